The van der Waals surface area contributed by atoms with Gasteiger partial charge < -0.3 is 9.97 Å². The fraction of sp³-hybridized carbons (Fsp3) is 0. The zero-order chi connectivity index (χ0) is 22.2. The van der Waals surface area contributed by atoms with Crippen molar-refractivity contribution in [1.82, 2.24) is 19.9 Å². The van der Waals surface area contributed by atoms with Gasteiger partial charge in [0.1, 0.15) is 11.6 Å². The van der Waals surface area contributed by atoms with Crippen LogP contribution in [-0.4, -0.2) is 19.9 Å². The number of hydrogen-bond donors (Lipinski definition) is 2. The molecule has 0 aliphatic carbocycles. The highest BCUT2D eigenvalue weighted by molar-refractivity contribution is 6.27. The first kappa shape index (κ1) is 17.8. The van der Waals surface area contributed by atoms with Gasteiger partial charge in [-0.2, -0.15) is 0 Å². The lowest BCUT2D eigenvalue weighted by molar-refractivity contribution is 1.34. The summed E-state index contributed by atoms with van der Waals surface area (Å²) in [6, 6.07) is 34.0. The van der Waals surface area contributed by atoms with Crippen LogP contribution in [0.3, 0.4) is 0 Å². The van der Waals surface area contributed by atoms with Crippen LogP contribution in [0.4, 0.5) is 0 Å². The maximum absolute atomic E-state index is 4.88. The normalized spacial score (nSPS) is 12.1. The Kier molecular flexibility index (Phi) is 3.36. The summed E-state index contributed by atoms with van der Waals surface area (Å²) in [4.78, 5) is 16.8. The fourth-order valence-corrected chi connectivity index (χ4v) is 5.37. The fourth-order valence-electron chi connectivity index (χ4n) is 5.37. The van der Waals surface area contributed by atoms with Crippen LogP contribution in [0.2, 0.25) is 0 Å². The average Bonchev–Trinajstić information content (AvgIpc) is 3.51. The summed E-state index contributed by atoms with van der Waals surface area (Å²) in [5, 5.41) is 7.41. The van der Waals surface area contributed by atoms with Crippen molar-refractivity contribution in [3.8, 4) is 22.8 Å². The number of fused-ring (bicyclic) bond motifs is 2. The third-order valence-corrected chi connectivity index (χ3v) is 6.95. The molecule has 0 amide bonds. The first-order valence-corrected chi connectivity index (χ1v) is 11.4. The molecule has 0 radical (unpaired) electrons. The molecule has 0 saturated heterocycles. The average molecular weight is 435 g/mol. The number of nitrogens with zero attached hydrogens (tertiary/aromatic N) is 2. The van der Waals surface area contributed by atoms with Crippen molar-refractivity contribution in [3.05, 3.63) is 97.1 Å². The summed E-state index contributed by atoms with van der Waals surface area (Å²) in [5.41, 5.74) is 6.30. The Morgan fingerprint density at radius 1 is 0.441 bits per heavy atom. The van der Waals surface area contributed by atoms with Crippen molar-refractivity contribution in [3.63, 3.8) is 0 Å². The van der Waals surface area contributed by atoms with Gasteiger partial charge in [-0.25, -0.2) is 9.97 Å². The lowest BCUT2D eigenvalue weighted by atomic mass is 9.90. The molecule has 8 rings (SSSR count). The van der Waals surface area contributed by atoms with Crippen molar-refractivity contribution in [1.29, 1.82) is 0 Å². The largest absolute Gasteiger partial charge is 0.338 e. The Hall–Kier alpha value is -4.70. The van der Waals surface area contributed by atoms with E-state index in [0.29, 0.717) is 0 Å². The first-order chi connectivity index (χ1) is 16.8. The molecule has 0 fully saturated rings. The van der Waals surface area contributed by atoms with E-state index in [-0.39, 0.29) is 0 Å². The first-order valence-electron chi connectivity index (χ1n) is 11.4. The molecule has 8 aromatic rings. The molecule has 6 aromatic carbocycles. The van der Waals surface area contributed by atoms with Gasteiger partial charge in [0.15, 0.2) is 0 Å². The van der Waals surface area contributed by atoms with Gasteiger partial charge in [-0.05, 0) is 56.6 Å². The van der Waals surface area contributed by atoms with Gasteiger partial charge in [-0.15, -0.1) is 0 Å². The highest BCUT2D eigenvalue weighted by Gasteiger charge is 2.17. The van der Waals surface area contributed by atoms with E-state index in [2.05, 4.69) is 70.6 Å². The Balaban J connectivity index is 1.45. The van der Waals surface area contributed by atoms with Crippen molar-refractivity contribution in [2.45, 2.75) is 0 Å². The molecular formula is C30H18N4. The predicted octanol–water partition coefficient (Wildman–Crippen LogP) is 7.67. The number of aromatic nitrogens is 4. The van der Waals surface area contributed by atoms with Crippen molar-refractivity contribution in [2.75, 3.05) is 0 Å². The third-order valence-electron chi connectivity index (χ3n) is 6.95. The summed E-state index contributed by atoms with van der Waals surface area (Å²) >= 11 is 0. The van der Waals surface area contributed by atoms with E-state index >= 15 is 0 Å². The van der Waals surface area contributed by atoms with Crippen LogP contribution in [0.1, 0.15) is 0 Å². The number of para-hydroxylation sites is 4. The molecule has 2 aromatic heterocycles. The molecule has 0 saturated carbocycles. The monoisotopic (exact) mass is 434 g/mol. The lowest BCUT2D eigenvalue weighted by Gasteiger charge is -2.15. The molecule has 4 heteroatoms. The topological polar surface area (TPSA) is 57.4 Å². The molecule has 0 bridgehead atoms. The Labute approximate surface area is 194 Å². The van der Waals surface area contributed by atoms with E-state index < -0.39 is 0 Å². The Bertz CT molecular complexity index is 1810. The maximum atomic E-state index is 4.88. The molecule has 2 heterocycles. The highest BCUT2D eigenvalue weighted by Crippen LogP contribution is 2.41. The minimum absolute atomic E-state index is 0.900. The summed E-state index contributed by atoms with van der Waals surface area (Å²) in [6.45, 7) is 0. The van der Waals surface area contributed by atoms with Gasteiger partial charge in [0.25, 0.3) is 0 Å². The standard InChI is InChI=1S/C30H18N4/c1-2-6-24-23(5-1)31-29(32-24)21-15-11-17-10-14-20-22(30-33-25-7-3-4-8-26(25)34-30)16-12-18-9-13-19(21)27(17)28(18)20/h1-16H,(H,31,32)(H,33,34). The van der Waals surface area contributed by atoms with E-state index in [9.17, 15) is 0 Å². The second kappa shape index (κ2) is 6.42. The smallest absolute Gasteiger partial charge is 0.139 e. The van der Waals surface area contributed by atoms with Crippen LogP contribution in [-0.2, 0) is 0 Å². The van der Waals surface area contributed by atoms with Crippen LogP contribution < -0.4 is 0 Å². The van der Waals surface area contributed by atoms with Gasteiger partial charge in [0.05, 0.1) is 22.1 Å². The van der Waals surface area contributed by atoms with Crippen LogP contribution in [0, 0.1) is 0 Å². The predicted molar refractivity (Wildman–Crippen MR) is 140 cm³/mol. The second-order valence-electron chi connectivity index (χ2n) is 8.85. The van der Waals surface area contributed by atoms with E-state index in [1.165, 1.54) is 32.3 Å². The minimum atomic E-state index is 0.900. The number of imidazole rings is 2. The molecule has 0 atom stereocenters. The van der Waals surface area contributed by atoms with Crippen molar-refractivity contribution in [2.24, 2.45) is 0 Å². The van der Waals surface area contributed by atoms with E-state index in [1.807, 2.05) is 36.4 Å². The molecule has 0 unspecified atom stereocenters. The van der Waals surface area contributed by atoms with E-state index in [4.69, 9.17) is 9.97 Å². The van der Waals surface area contributed by atoms with Crippen LogP contribution in [0.15, 0.2) is 97.1 Å². The molecule has 0 aliphatic heterocycles. The summed E-state index contributed by atoms with van der Waals surface area (Å²) in [5.74, 6) is 1.80. The highest BCUT2D eigenvalue weighted by atomic mass is 14.9. The van der Waals surface area contributed by atoms with Crippen LogP contribution in [0.25, 0.3) is 77.2 Å². The van der Waals surface area contributed by atoms with E-state index in [0.717, 1.165) is 44.8 Å². The summed E-state index contributed by atoms with van der Waals surface area (Å²) in [6.07, 6.45) is 0. The molecule has 34 heavy (non-hydrogen) atoms. The number of benzene rings is 6. The van der Waals surface area contributed by atoms with E-state index in [1.54, 1.807) is 0 Å². The summed E-state index contributed by atoms with van der Waals surface area (Å²) in [7, 11) is 0. The molecule has 0 spiro atoms. The molecule has 4 nitrogen and oxygen atoms in total. The number of hydrogen-bond acceptors (Lipinski definition) is 2. The van der Waals surface area contributed by atoms with Crippen molar-refractivity contribution >= 4 is 54.4 Å². The Morgan fingerprint density at radius 3 is 1.35 bits per heavy atom. The lowest BCUT2D eigenvalue weighted by Crippen LogP contribution is -1.90. The number of rotatable bonds is 2. The molecule has 158 valence electrons. The minimum Gasteiger partial charge on any atom is -0.338 e. The molecule has 2 N–H and O–H groups in total. The summed E-state index contributed by atoms with van der Waals surface area (Å²) < 4.78 is 0. The quantitative estimate of drug-likeness (QED) is 0.274. The van der Waals surface area contributed by atoms with Gasteiger partial charge in [0.2, 0.25) is 0 Å². The van der Waals surface area contributed by atoms with Crippen molar-refractivity contribution < 1.29 is 0 Å². The third kappa shape index (κ3) is 2.37. The van der Waals surface area contributed by atoms with Crippen LogP contribution in [0.5, 0.6) is 0 Å². The van der Waals surface area contributed by atoms with Gasteiger partial charge in [-0.3, -0.25) is 0 Å². The SMILES string of the molecule is c1ccc2[nH]c(-c3ccc4ccc5c(-c6nc7ccccc7[nH]6)ccc6ccc3c4c65)nc2c1. The second-order valence-corrected chi connectivity index (χ2v) is 8.85. The number of aromatic amines is 2. The van der Waals surface area contributed by atoms with Gasteiger partial charge in [-0.1, -0.05) is 72.8 Å². The number of nitrogens with one attached hydrogen (secondary N) is 2. The molecule has 0 aliphatic rings. The zero-order valence-electron chi connectivity index (χ0n) is 18.1. The Morgan fingerprint density at radius 2 is 0.882 bits per heavy atom. The number of H-pyrrole nitrogens is 2. The van der Waals surface area contributed by atoms with Crippen LogP contribution >= 0.6 is 0 Å². The van der Waals surface area contributed by atoms with Gasteiger partial charge in [0, 0.05) is 11.1 Å². The zero-order valence-corrected chi connectivity index (χ0v) is 18.1. The maximum Gasteiger partial charge on any atom is 0.139 e. The van der Waals surface area contributed by atoms with Gasteiger partial charge >= 0.3 is 0 Å². The molecular weight excluding hydrogens is 416 g/mol.